The van der Waals surface area contributed by atoms with E-state index in [4.69, 9.17) is 0 Å². The highest BCUT2D eigenvalue weighted by atomic mass is 19.1. The van der Waals surface area contributed by atoms with Gasteiger partial charge in [0.1, 0.15) is 12.4 Å². The van der Waals surface area contributed by atoms with Gasteiger partial charge in [0.2, 0.25) is 11.8 Å². The van der Waals surface area contributed by atoms with E-state index in [0.29, 0.717) is 13.0 Å². The first-order valence-electron chi connectivity index (χ1n) is 10.4. The maximum Gasteiger partial charge on any atom is 0.326 e. The van der Waals surface area contributed by atoms with Crippen molar-refractivity contribution in [3.63, 3.8) is 0 Å². The van der Waals surface area contributed by atoms with Gasteiger partial charge < -0.3 is 14.8 Å². The quantitative estimate of drug-likeness (QED) is 0.549. The molecule has 0 spiro atoms. The van der Waals surface area contributed by atoms with Crippen LogP contribution in [0, 0.1) is 5.82 Å². The molecular weight excluding hydrogens is 413 g/mol. The van der Waals surface area contributed by atoms with E-state index in [0.717, 1.165) is 16.6 Å². The Morgan fingerprint density at radius 1 is 1.16 bits per heavy atom. The Hall–Kier alpha value is -3.75. The Morgan fingerprint density at radius 2 is 1.91 bits per heavy atom. The van der Waals surface area contributed by atoms with Crippen molar-refractivity contribution in [1.29, 1.82) is 0 Å². The molecule has 3 aromatic rings. The summed E-state index contributed by atoms with van der Waals surface area (Å²) in [6.07, 6.45) is 2.24. The second kappa shape index (κ2) is 9.17. The molecule has 0 radical (unpaired) electrons. The van der Waals surface area contributed by atoms with Crippen molar-refractivity contribution in [2.75, 3.05) is 20.1 Å². The van der Waals surface area contributed by atoms with Crippen molar-refractivity contribution in [2.45, 2.75) is 25.4 Å². The largest absolute Gasteiger partial charge is 0.347 e. The van der Waals surface area contributed by atoms with Gasteiger partial charge in [0.15, 0.2) is 0 Å². The third kappa shape index (κ3) is 4.61. The van der Waals surface area contributed by atoms with Crippen LogP contribution >= 0.6 is 0 Å². The van der Waals surface area contributed by atoms with Gasteiger partial charge in [-0.25, -0.2) is 14.2 Å². The summed E-state index contributed by atoms with van der Waals surface area (Å²) in [5.41, 5.74) is 2.55. The lowest BCUT2D eigenvalue weighted by Crippen LogP contribution is -2.34. The molecule has 1 atom stereocenters. The Morgan fingerprint density at radius 3 is 2.62 bits per heavy atom. The normalized spacial score (nSPS) is 14.9. The van der Waals surface area contributed by atoms with Gasteiger partial charge in [0.25, 0.3) is 0 Å². The summed E-state index contributed by atoms with van der Waals surface area (Å²) in [5.74, 6) is -0.817. The van der Waals surface area contributed by atoms with Crippen molar-refractivity contribution in [3.05, 3.63) is 66.2 Å². The predicted octanol–water partition coefficient (Wildman–Crippen LogP) is 2.71. The summed E-state index contributed by atoms with van der Waals surface area (Å²) in [7, 11) is 1.57. The molecule has 2 aromatic carbocycles. The topological polar surface area (TPSA) is 87.5 Å². The summed E-state index contributed by atoms with van der Waals surface area (Å²) >= 11 is 0. The van der Waals surface area contributed by atoms with Crippen molar-refractivity contribution in [3.8, 4) is 0 Å². The van der Waals surface area contributed by atoms with E-state index in [1.54, 1.807) is 25.5 Å². The Labute approximate surface area is 184 Å². The second-order valence-corrected chi connectivity index (χ2v) is 7.84. The third-order valence-electron chi connectivity index (χ3n) is 5.53. The Balaban J connectivity index is 1.43. The van der Waals surface area contributed by atoms with Gasteiger partial charge in [-0.05, 0) is 36.2 Å². The number of para-hydroxylation sites is 2. The van der Waals surface area contributed by atoms with Crippen LogP contribution in [-0.4, -0.2) is 57.3 Å². The molecule has 1 saturated heterocycles. The highest BCUT2D eigenvalue weighted by Crippen LogP contribution is 2.20. The maximum absolute atomic E-state index is 13.4. The molecule has 1 unspecified atom stereocenters. The summed E-state index contributed by atoms with van der Waals surface area (Å²) in [6.45, 7) is 0.686. The molecule has 0 bridgehead atoms. The minimum Gasteiger partial charge on any atom is -0.347 e. The molecule has 166 valence electrons. The van der Waals surface area contributed by atoms with Gasteiger partial charge >= 0.3 is 6.03 Å². The van der Waals surface area contributed by atoms with E-state index < -0.39 is 6.04 Å². The zero-order valence-corrected chi connectivity index (χ0v) is 17.7. The fourth-order valence-corrected chi connectivity index (χ4v) is 3.84. The van der Waals surface area contributed by atoms with Gasteiger partial charge in [-0.1, -0.05) is 24.3 Å². The molecule has 32 heavy (non-hydrogen) atoms. The maximum atomic E-state index is 13.4. The van der Waals surface area contributed by atoms with Gasteiger partial charge in [-0.2, -0.15) is 0 Å². The highest BCUT2D eigenvalue weighted by Gasteiger charge is 2.32. The minimum absolute atomic E-state index is 0.0660. The number of imide groups is 1. The van der Waals surface area contributed by atoms with Crippen LogP contribution in [0.5, 0.6) is 0 Å². The average molecular weight is 437 g/mol. The number of nitrogens with zero attached hydrogens (tertiary/aromatic N) is 4. The van der Waals surface area contributed by atoms with Crippen LogP contribution in [0.3, 0.4) is 0 Å². The van der Waals surface area contributed by atoms with Crippen LogP contribution in [0.1, 0.15) is 24.4 Å². The number of carbonyl (C=O) groups is 3. The number of likely N-dealkylation sites (N-methyl/N-ethyl adjacent to an activating group) is 1. The van der Waals surface area contributed by atoms with Crippen molar-refractivity contribution >= 4 is 28.9 Å². The molecule has 4 rings (SSSR count). The van der Waals surface area contributed by atoms with E-state index in [9.17, 15) is 18.8 Å². The number of fused-ring (bicyclic) bond motifs is 1. The van der Waals surface area contributed by atoms with Crippen LogP contribution in [0.4, 0.5) is 9.18 Å². The smallest absolute Gasteiger partial charge is 0.326 e. The number of urea groups is 1. The molecule has 1 N–H and O–H groups in total. The standard InChI is InChI=1S/C23H24FN5O3/c1-27-14-22(31)29(23(27)32)12-4-7-21(30)26-19(16-8-10-17(24)11-9-16)13-28-15-25-18-5-2-3-6-20(18)28/h2-3,5-6,8-11,15,19H,4,7,12-14H2,1H3,(H,26,30). The number of hydrogen-bond acceptors (Lipinski definition) is 4. The number of carbonyl (C=O) groups excluding carboxylic acids is 3. The summed E-state index contributed by atoms with van der Waals surface area (Å²) < 4.78 is 15.4. The monoisotopic (exact) mass is 437 g/mol. The van der Waals surface area contributed by atoms with Gasteiger partial charge in [0.05, 0.1) is 23.4 Å². The van der Waals surface area contributed by atoms with E-state index in [1.807, 2.05) is 28.8 Å². The van der Waals surface area contributed by atoms with E-state index >= 15 is 0 Å². The number of imidazole rings is 1. The lowest BCUT2D eigenvalue weighted by atomic mass is 10.1. The van der Waals surface area contributed by atoms with E-state index in [2.05, 4.69) is 10.3 Å². The Bertz CT molecular complexity index is 1140. The first-order valence-corrected chi connectivity index (χ1v) is 10.4. The number of halogens is 1. The van der Waals surface area contributed by atoms with E-state index in [1.165, 1.54) is 21.9 Å². The van der Waals surface area contributed by atoms with Crippen molar-refractivity contribution < 1.29 is 18.8 Å². The summed E-state index contributed by atoms with van der Waals surface area (Å²) in [6, 6.07) is 13.0. The predicted molar refractivity (Wildman–Crippen MR) is 116 cm³/mol. The average Bonchev–Trinajstić information content (AvgIpc) is 3.29. The number of hydrogen-bond donors (Lipinski definition) is 1. The lowest BCUT2D eigenvalue weighted by Gasteiger charge is -2.21. The van der Waals surface area contributed by atoms with Crippen LogP contribution in [0.25, 0.3) is 11.0 Å². The van der Waals surface area contributed by atoms with Crippen LogP contribution in [0.15, 0.2) is 54.9 Å². The van der Waals surface area contributed by atoms with E-state index in [-0.39, 0.29) is 43.2 Å². The first-order chi connectivity index (χ1) is 15.4. The number of aromatic nitrogens is 2. The number of rotatable bonds is 8. The lowest BCUT2D eigenvalue weighted by molar-refractivity contribution is -0.126. The van der Waals surface area contributed by atoms with Gasteiger partial charge in [-0.15, -0.1) is 0 Å². The SMILES string of the molecule is CN1CC(=O)N(CCCC(=O)NC(Cn2cnc3ccccc32)c2ccc(F)cc2)C1=O. The van der Waals surface area contributed by atoms with Crippen LogP contribution in [0.2, 0.25) is 0 Å². The molecule has 1 aliphatic heterocycles. The highest BCUT2D eigenvalue weighted by molar-refractivity contribution is 6.01. The third-order valence-corrected chi connectivity index (χ3v) is 5.53. The number of benzene rings is 2. The molecule has 1 aliphatic rings. The molecule has 4 amide bonds. The molecular formula is C23H24FN5O3. The van der Waals surface area contributed by atoms with Crippen LogP contribution in [-0.2, 0) is 16.1 Å². The first kappa shape index (κ1) is 21.5. The van der Waals surface area contributed by atoms with Crippen LogP contribution < -0.4 is 5.32 Å². The van der Waals surface area contributed by atoms with Crippen molar-refractivity contribution in [1.82, 2.24) is 24.7 Å². The fourth-order valence-electron chi connectivity index (χ4n) is 3.84. The van der Waals surface area contributed by atoms with Gasteiger partial charge in [0, 0.05) is 26.6 Å². The van der Waals surface area contributed by atoms with Crippen molar-refractivity contribution in [2.24, 2.45) is 0 Å². The minimum atomic E-state index is -0.401. The fraction of sp³-hybridized carbons (Fsp3) is 0.304. The Kier molecular flexibility index (Phi) is 6.16. The summed E-state index contributed by atoms with van der Waals surface area (Å²) in [4.78, 5) is 43.4. The number of nitrogens with one attached hydrogen (secondary N) is 1. The zero-order valence-electron chi connectivity index (χ0n) is 17.7. The van der Waals surface area contributed by atoms with Gasteiger partial charge in [-0.3, -0.25) is 14.5 Å². The molecule has 0 aliphatic carbocycles. The second-order valence-electron chi connectivity index (χ2n) is 7.84. The molecule has 8 nitrogen and oxygen atoms in total. The summed E-state index contributed by atoms with van der Waals surface area (Å²) in [5, 5.41) is 3.00. The molecule has 1 fully saturated rings. The number of amides is 4. The molecule has 9 heteroatoms. The molecule has 2 heterocycles. The molecule has 1 aromatic heterocycles. The zero-order chi connectivity index (χ0) is 22.7. The molecule has 0 saturated carbocycles.